The Morgan fingerprint density at radius 2 is 1.24 bits per heavy atom. The summed E-state index contributed by atoms with van der Waals surface area (Å²) in [5, 5.41) is 36.9. The molecule has 0 saturated heterocycles. The van der Waals surface area contributed by atoms with Crippen LogP contribution in [0.1, 0.15) is 51.6 Å². The monoisotopic (exact) mass is 635 g/mol. The number of aryl methyl sites for hydroxylation is 2. The summed E-state index contributed by atoms with van der Waals surface area (Å²) in [6, 6.07) is 22.5. The molecular formula is C34H37NO9S. The van der Waals surface area contributed by atoms with E-state index in [1.807, 2.05) is 31.2 Å². The summed E-state index contributed by atoms with van der Waals surface area (Å²) in [6.45, 7) is 5.98. The molecule has 1 heterocycles. The summed E-state index contributed by atoms with van der Waals surface area (Å²) < 4.78 is 13.1. The number of carbonyl (C=O) groups excluding carboxylic acids is 2. The standard InChI is InChI=1S/C11H14O3.C8H8O3.C8H10O2.C7H5NOS/c1-2-3-8-14-11(13)9-4-6-10(12)7-5-9;1-11-8(10)6-2-4-7(9)5-3-6;1-5-3-8(10)6(2)4-7(5)9;9-7-5-3-1-2-4-6(5)10-8-7/h4-7,12H,2-3,8H2,1H3;2-5,9H,1H3;3-4,9-10H,1-2H3;1-4H,(H,8,9). The van der Waals surface area contributed by atoms with Crippen LogP contribution in [0.5, 0.6) is 23.0 Å². The fraction of sp³-hybridized carbons (Fsp3) is 0.206. The number of rotatable bonds is 5. The molecule has 10 nitrogen and oxygen atoms in total. The van der Waals surface area contributed by atoms with Crippen molar-refractivity contribution in [2.24, 2.45) is 0 Å². The Balaban J connectivity index is 0.000000211. The third-order valence-electron chi connectivity index (χ3n) is 6.02. The molecule has 4 aromatic carbocycles. The van der Waals surface area contributed by atoms with Gasteiger partial charge in [-0.05, 0) is 104 Å². The predicted molar refractivity (Wildman–Crippen MR) is 174 cm³/mol. The van der Waals surface area contributed by atoms with Crippen LogP contribution in [0.15, 0.2) is 89.7 Å². The van der Waals surface area contributed by atoms with E-state index in [-0.39, 0.29) is 34.5 Å². The van der Waals surface area contributed by atoms with Crippen molar-refractivity contribution in [1.82, 2.24) is 4.37 Å². The van der Waals surface area contributed by atoms with Gasteiger partial charge in [0.05, 0.1) is 34.9 Å². The van der Waals surface area contributed by atoms with E-state index in [9.17, 15) is 14.4 Å². The molecule has 0 unspecified atom stereocenters. The van der Waals surface area contributed by atoms with Gasteiger partial charge >= 0.3 is 11.9 Å². The van der Waals surface area contributed by atoms with Gasteiger partial charge in [0.25, 0.3) is 5.56 Å². The molecule has 0 amide bonds. The number of nitrogens with one attached hydrogen (secondary N) is 1. The highest BCUT2D eigenvalue weighted by atomic mass is 32.1. The molecule has 1 aromatic heterocycles. The van der Waals surface area contributed by atoms with Gasteiger partial charge < -0.3 is 29.9 Å². The molecule has 11 heteroatoms. The lowest BCUT2D eigenvalue weighted by molar-refractivity contribution is 0.0499. The highest BCUT2D eigenvalue weighted by Crippen LogP contribution is 2.25. The number of hydrogen-bond donors (Lipinski definition) is 5. The quantitative estimate of drug-likeness (QED) is 0.0790. The van der Waals surface area contributed by atoms with Crippen LogP contribution in [0, 0.1) is 13.8 Å². The molecule has 0 aliphatic carbocycles. The average molecular weight is 636 g/mol. The summed E-state index contributed by atoms with van der Waals surface area (Å²) >= 11 is 1.38. The van der Waals surface area contributed by atoms with Crippen molar-refractivity contribution < 1.29 is 39.5 Å². The second-order valence-electron chi connectivity index (χ2n) is 9.53. The first-order chi connectivity index (χ1) is 21.5. The van der Waals surface area contributed by atoms with E-state index in [4.69, 9.17) is 25.2 Å². The van der Waals surface area contributed by atoms with Crippen LogP contribution in [0.25, 0.3) is 10.1 Å². The lowest BCUT2D eigenvalue weighted by atomic mass is 10.1. The summed E-state index contributed by atoms with van der Waals surface area (Å²) in [5.74, 6) is 0.0156. The SMILES string of the molecule is CCCCOC(=O)c1ccc(O)cc1.COC(=O)c1ccc(O)cc1.Cc1cc(O)c(C)cc1O.O=c1[nH]sc2ccccc12. The smallest absolute Gasteiger partial charge is 0.338 e. The topological polar surface area (TPSA) is 166 Å². The van der Waals surface area contributed by atoms with Crippen molar-refractivity contribution in [3.63, 3.8) is 0 Å². The maximum Gasteiger partial charge on any atom is 0.338 e. The second-order valence-corrected chi connectivity index (χ2v) is 10.4. The van der Waals surface area contributed by atoms with E-state index in [0.29, 0.717) is 28.9 Å². The molecule has 45 heavy (non-hydrogen) atoms. The van der Waals surface area contributed by atoms with Crippen LogP contribution >= 0.6 is 11.5 Å². The number of unbranched alkanes of at least 4 members (excludes halogenated alkanes) is 1. The van der Waals surface area contributed by atoms with E-state index in [2.05, 4.69) is 9.11 Å². The molecule has 238 valence electrons. The van der Waals surface area contributed by atoms with Crippen LogP contribution in [0.2, 0.25) is 0 Å². The van der Waals surface area contributed by atoms with Crippen LogP contribution in [0.4, 0.5) is 0 Å². The molecule has 0 atom stereocenters. The van der Waals surface area contributed by atoms with Crippen molar-refractivity contribution in [1.29, 1.82) is 0 Å². The molecule has 5 N–H and O–H groups in total. The van der Waals surface area contributed by atoms with E-state index in [0.717, 1.165) is 22.9 Å². The number of methoxy groups -OCH3 is 1. The highest BCUT2D eigenvalue weighted by Gasteiger charge is 2.06. The summed E-state index contributed by atoms with van der Waals surface area (Å²) in [6.07, 6.45) is 1.88. The molecule has 0 spiro atoms. The number of hydrogen-bond acceptors (Lipinski definition) is 10. The van der Waals surface area contributed by atoms with Gasteiger partial charge in [0.15, 0.2) is 0 Å². The van der Waals surface area contributed by atoms with Gasteiger partial charge in [0, 0.05) is 0 Å². The predicted octanol–water partition coefficient (Wildman–Crippen LogP) is 6.83. The third kappa shape index (κ3) is 12.1. The first-order valence-corrected chi connectivity index (χ1v) is 14.7. The maximum atomic E-state index is 11.3. The summed E-state index contributed by atoms with van der Waals surface area (Å²) in [4.78, 5) is 33.1. The molecule has 0 aliphatic rings. The number of phenolic OH excluding ortho intramolecular Hbond substituents is 4. The molecule has 0 saturated carbocycles. The lowest BCUT2D eigenvalue weighted by Gasteiger charge is -2.03. The lowest BCUT2D eigenvalue weighted by Crippen LogP contribution is -2.05. The second kappa shape index (κ2) is 18.4. The van der Waals surface area contributed by atoms with Crippen LogP contribution in [0.3, 0.4) is 0 Å². The number of benzene rings is 4. The minimum absolute atomic E-state index is 0.0144. The molecule has 0 fully saturated rings. The molecular weight excluding hydrogens is 598 g/mol. The normalized spacial score (nSPS) is 9.78. The Morgan fingerprint density at radius 1 is 0.756 bits per heavy atom. The van der Waals surface area contributed by atoms with E-state index >= 15 is 0 Å². The van der Waals surface area contributed by atoms with Crippen molar-refractivity contribution in [2.45, 2.75) is 33.6 Å². The van der Waals surface area contributed by atoms with E-state index in [1.165, 1.54) is 55.0 Å². The average Bonchev–Trinajstić information content (AvgIpc) is 3.42. The Labute approximate surface area is 264 Å². The zero-order chi connectivity index (χ0) is 33.4. The first-order valence-electron chi connectivity index (χ1n) is 13.9. The molecule has 0 radical (unpaired) electrons. The summed E-state index contributed by atoms with van der Waals surface area (Å²) in [7, 11) is 1.31. The third-order valence-corrected chi connectivity index (χ3v) is 6.89. The Bertz CT molecular complexity index is 1660. The molecule has 0 aliphatic heterocycles. The summed E-state index contributed by atoms with van der Waals surface area (Å²) in [5.41, 5.74) is 2.32. The number of esters is 2. The van der Waals surface area contributed by atoms with Gasteiger partial charge in [-0.15, -0.1) is 0 Å². The highest BCUT2D eigenvalue weighted by molar-refractivity contribution is 7.13. The number of aromatic nitrogens is 1. The fourth-order valence-electron chi connectivity index (χ4n) is 3.39. The number of phenols is 4. The fourth-order valence-corrected chi connectivity index (χ4v) is 4.12. The van der Waals surface area contributed by atoms with E-state index < -0.39 is 5.97 Å². The van der Waals surface area contributed by atoms with Crippen LogP contribution in [-0.2, 0) is 9.47 Å². The van der Waals surface area contributed by atoms with Gasteiger partial charge in [-0.1, -0.05) is 37.0 Å². The van der Waals surface area contributed by atoms with E-state index in [1.54, 1.807) is 38.1 Å². The minimum Gasteiger partial charge on any atom is -0.508 e. The zero-order valence-electron chi connectivity index (χ0n) is 25.4. The number of fused-ring (bicyclic) bond motifs is 1. The zero-order valence-corrected chi connectivity index (χ0v) is 26.3. The molecule has 0 bridgehead atoms. The number of aromatic amines is 1. The van der Waals surface area contributed by atoms with Crippen molar-refractivity contribution >= 4 is 33.6 Å². The largest absolute Gasteiger partial charge is 0.508 e. The first kappa shape index (κ1) is 35.9. The maximum absolute atomic E-state index is 11.3. The Morgan fingerprint density at radius 3 is 1.71 bits per heavy atom. The molecule has 5 aromatic rings. The van der Waals surface area contributed by atoms with Crippen molar-refractivity contribution in [2.75, 3.05) is 13.7 Å². The van der Waals surface area contributed by atoms with Gasteiger partial charge in [-0.3, -0.25) is 9.17 Å². The minimum atomic E-state index is -0.398. The Hall–Kier alpha value is -5.29. The van der Waals surface area contributed by atoms with Gasteiger partial charge in [-0.2, -0.15) is 0 Å². The van der Waals surface area contributed by atoms with Crippen LogP contribution < -0.4 is 5.56 Å². The molecule has 5 rings (SSSR count). The van der Waals surface area contributed by atoms with Crippen molar-refractivity contribution in [3.05, 3.63) is 118 Å². The Kier molecular flexibility index (Phi) is 14.7. The van der Waals surface area contributed by atoms with Crippen molar-refractivity contribution in [3.8, 4) is 23.0 Å². The number of ether oxygens (including phenoxy) is 2. The van der Waals surface area contributed by atoms with Crippen LogP contribution in [-0.4, -0.2) is 50.5 Å². The van der Waals surface area contributed by atoms with Gasteiger partial charge in [-0.25, -0.2) is 9.59 Å². The van der Waals surface area contributed by atoms with Gasteiger partial charge in [0.2, 0.25) is 0 Å². The van der Waals surface area contributed by atoms with Gasteiger partial charge in [0.1, 0.15) is 23.0 Å². The number of H-pyrrole nitrogens is 1. The number of carbonyl (C=O) groups is 2. The number of aromatic hydroxyl groups is 4.